The molecular formula is C23H26ClN5O3S. The molecule has 1 unspecified atom stereocenters. The molecule has 0 fully saturated rings. The lowest BCUT2D eigenvalue weighted by Crippen LogP contribution is -2.33. The first-order valence-corrected chi connectivity index (χ1v) is 11.7. The van der Waals surface area contributed by atoms with Gasteiger partial charge in [-0.3, -0.25) is 9.59 Å². The van der Waals surface area contributed by atoms with Gasteiger partial charge in [0.2, 0.25) is 5.91 Å². The summed E-state index contributed by atoms with van der Waals surface area (Å²) in [6.45, 7) is 4.01. The van der Waals surface area contributed by atoms with Crippen molar-refractivity contribution >= 4 is 40.9 Å². The largest absolute Gasteiger partial charge is 0.495 e. The lowest BCUT2D eigenvalue weighted by Gasteiger charge is -2.21. The molecule has 10 heteroatoms. The van der Waals surface area contributed by atoms with Crippen molar-refractivity contribution in [1.82, 2.24) is 20.1 Å². The van der Waals surface area contributed by atoms with Gasteiger partial charge in [-0.25, -0.2) is 0 Å². The molecule has 1 atom stereocenters. The van der Waals surface area contributed by atoms with E-state index in [2.05, 4.69) is 20.8 Å². The Labute approximate surface area is 202 Å². The third-order valence-corrected chi connectivity index (χ3v) is 6.16. The number of methoxy groups -OCH3 is 1. The number of carbonyl (C=O) groups excluding carboxylic acids is 2. The molecule has 0 aliphatic heterocycles. The number of rotatable bonds is 9. The van der Waals surface area contributed by atoms with Gasteiger partial charge >= 0.3 is 0 Å². The molecule has 2 aromatic carbocycles. The molecule has 2 amide bonds. The van der Waals surface area contributed by atoms with Crippen molar-refractivity contribution in [2.24, 2.45) is 13.0 Å². The zero-order chi connectivity index (χ0) is 24.0. The Morgan fingerprint density at radius 3 is 2.55 bits per heavy atom. The van der Waals surface area contributed by atoms with E-state index in [0.29, 0.717) is 33.0 Å². The second-order valence-corrected chi connectivity index (χ2v) is 9.02. The second-order valence-electron chi connectivity index (χ2n) is 7.64. The number of halogens is 1. The molecule has 0 aliphatic carbocycles. The molecule has 0 spiro atoms. The van der Waals surface area contributed by atoms with Crippen molar-refractivity contribution in [3.8, 4) is 5.75 Å². The van der Waals surface area contributed by atoms with Crippen molar-refractivity contribution in [1.29, 1.82) is 0 Å². The molecule has 33 heavy (non-hydrogen) atoms. The zero-order valence-electron chi connectivity index (χ0n) is 18.8. The number of ether oxygens (including phenoxy) is 1. The summed E-state index contributed by atoms with van der Waals surface area (Å²) in [4.78, 5) is 25.2. The predicted octanol–water partition coefficient (Wildman–Crippen LogP) is 4.34. The Morgan fingerprint density at radius 2 is 1.88 bits per heavy atom. The van der Waals surface area contributed by atoms with Crippen LogP contribution in [0, 0.1) is 5.92 Å². The third kappa shape index (κ3) is 6.27. The van der Waals surface area contributed by atoms with E-state index in [4.69, 9.17) is 16.3 Å². The Bertz CT molecular complexity index is 1120. The van der Waals surface area contributed by atoms with Crippen LogP contribution in [-0.4, -0.2) is 39.4 Å². The van der Waals surface area contributed by atoms with Gasteiger partial charge < -0.3 is 19.9 Å². The molecule has 8 nitrogen and oxygen atoms in total. The minimum absolute atomic E-state index is 0.0806. The van der Waals surface area contributed by atoms with Crippen LogP contribution in [-0.2, 0) is 11.8 Å². The van der Waals surface area contributed by atoms with Gasteiger partial charge in [-0.05, 0) is 36.2 Å². The first-order valence-electron chi connectivity index (χ1n) is 10.3. The van der Waals surface area contributed by atoms with Gasteiger partial charge in [-0.1, -0.05) is 55.4 Å². The SMILES string of the molecule is COc1ccc(Cl)cc1NC(=O)CSc1nnc(C(NC(=O)c2ccccc2)C(C)C)n1C. The standard InChI is InChI=1S/C23H26ClN5O3S/c1-14(2)20(26-22(31)15-8-6-5-7-9-15)21-27-28-23(29(21)3)33-13-19(30)25-17-12-16(24)10-11-18(17)32-4/h5-12,14,20H,13H2,1-4H3,(H,25,30)(H,26,31). The maximum atomic E-state index is 12.7. The molecule has 2 N–H and O–H groups in total. The number of thioether (sulfide) groups is 1. The number of anilines is 1. The molecule has 174 valence electrons. The van der Waals surface area contributed by atoms with Crippen LogP contribution in [0.25, 0.3) is 0 Å². The zero-order valence-corrected chi connectivity index (χ0v) is 20.4. The maximum absolute atomic E-state index is 12.7. The van der Waals surface area contributed by atoms with Crippen LogP contribution in [0.3, 0.4) is 0 Å². The number of aromatic nitrogens is 3. The number of carbonyl (C=O) groups is 2. The van der Waals surface area contributed by atoms with Crippen LogP contribution in [0.4, 0.5) is 5.69 Å². The van der Waals surface area contributed by atoms with Crippen LogP contribution in [0.1, 0.15) is 36.1 Å². The molecule has 0 saturated heterocycles. The normalized spacial score (nSPS) is 11.8. The number of nitrogens with one attached hydrogen (secondary N) is 2. The number of amides is 2. The van der Waals surface area contributed by atoms with Crippen molar-refractivity contribution in [2.45, 2.75) is 25.0 Å². The smallest absolute Gasteiger partial charge is 0.251 e. The van der Waals surface area contributed by atoms with E-state index in [1.54, 1.807) is 34.9 Å². The molecule has 0 saturated carbocycles. The molecule has 0 aliphatic rings. The topological polar surface area (TPSA) is 98.1 Å². The van der Waals surface area contributed by atoms with Gasteiger partial charge in [0.1, 0.15) is 5.75 Å². The van der Waals surface area contributed by atoms with E-state index in [9.17, 15) is 9.59 Å². The van der Waals surface area contributed by atoms with Gasteiger partial charge in [-0.15, -0.1) is 10.2 Å². The monoisotopic (exact) mass is 487 g/mol. The Hall–Kier alpha value is -3.04. The number of nitrogens with zero attached hydrogens (tertiary/aromatic N) is 3. The lowest BCUT2D eigenvalue weighted by atomic mass is 10.0. The van der Waals surface area contributed by atoms with Gasteiger partial charge in [0.05, 0.1) is 24.6 Å². The molecular weight excluding hydrogens is 462 g/mol. The fourth-order valence-electron chi connectivity index (χ4n) is 3.16. The Balaban J connectivity index is 1.67. The average Bonchev–Trinajstić information content (AvgIpc) is 3.16. The van der Waals surface area contributed by atoms with Crippen LogP contribution in [0.2, 0.25) is 5.02 Å². The van der Waals surface area contributed by atoms with Crippen LogP contribution < -0.4 is 15.4 Å². The molecule has 0 bridgehead atoms. The van der Waals surface area contributed by atoms with Gasteiger partial charge in [0.25, 0.3) is 5.91 Å². The van der Waals surface area contributed by atoms with Crippen molar-refractivity contribution in [3.63, 3.8) is 0 Å². The molecule has 0 radical (unpaired) electrons. The predicted molar refractivity (Wildman–Crippen MR) is 130 cm³/mol. The molecule has 3 aromatic rings. The van der Waals surface area contributed by atoms with E-state index in [1.165, 1.54) is 18.9 Å². The third-order valence-electron chi connectivity index (χ3n) is 4.90. The summed E-state index contributed by atoms with van der Waals surface area (Å²) in [7, 11) is 3.34. The maximum Gasteiger partial charge on any atom is 0.251 e. The van der Waals surface area contributed by atoms with E-state index in [-0.39, 0.29) is 29.5 Å². The minimum Gasteiger partial charge on any atom is -0.495 e. The minimum atomic E-state index is -0.339. The summed E-state index contributed by atoms with van der Waals surface area (Å²) in [6, 6.07) is 13.7. The summed E-state index contributed by atoms with van der Waals surface area (Å²) >= 11 is 7.27. The second kappa shape index (κ2) is 11.2. The highest BCUT2D eigenvalue weighted by Gasteiger charge is 2.25. The van der Waals surface area contributed by atoms with E-state index in [0.717, 1.165) is 0 Å². The lowest BCUT2D eigenvalue weighted by molar-refractivity contribution is -0.113. The first kappa shape index (κ1) is 24.6. The number of hydrogen-bond acceptors (Lipinski definition) is 6. The molecule has 3 rings (SSSR count). The van der Waals surface area contributed by atoms with Crippen molar-refractivity contribution in [2.75, 3.05) is 18.2 Å². The number of hydrogen-bond donors (Lipinski definition) is 2. The first-order chi connectivity index (χ1) is 15.8. The van der Waals surface area contributed by atoms with Crippen LogP contribution >= 0.6 is 23.4 Å². The molecule has 1 heterocycles. The fraction of sp³-hybridized carbons (Fsp3) is 0.304. The van der Waals surface area contributed by atoms with E-state index < -0.39 is 0 Å². The summed E-state index contributed by atoms with van der Waals surface area (Å²) < 4.78 is 7.06. The fourth-order valence-corrected chi connectivity index (χ4v) is 4.05. The number of benzene rings is 2. The van der Waals surface area contributed by atoms with Gasteiger partial charge in [0, 0.05) is 17.6 Å². The summed E-state index contributed by atoms with van der Waals surface area (Å²) in [5, 5.41) is 15.4. The quantitative estimate of drug-likeness (QED) is 0.436. The van der Waals surface area contributed by atoms with Gasteiger partial charge in [-0.2, -0.15) is 0 Å². The van der Waals surface area contributed by atoms with E-state index in [1.807, 2.05) is 39.1 Å². The summed E-state index contributed by atoms with van der Waals surface area (Å²) in [5.74, 6) is 0.923. The Morgan fingerprint density at radius 1 is 1.15 bits per heavy atom. The highest BCUT2D eigenvalue weighted by Crippen LogP contribution is 2.28. The highest BCUT2D eigenvalue weighted by molar-refractivity contribution is 7.99. The van der Waals surface area contributed by atoms with Crippen LogP contribution in [0.15, 0.2) is 53.7 Å². The van der Waals surface area contributed by atoms with Gasteiger partial charge in [0.15, 0.2) is 11.0 Å². The molecule has 1 aromatic heterocycles. The van der Waals surface area contributed by atoms with Crippen molar-refractivity contribution in [3.05, 3.63) is 64.9 Å². The van der Waals surface area contributed by atoms with Crippen LogP contribution in [0.5, 0.6) is 5.75 Å². The highest BCUT2D eigenvalue weighted by atomic mass is 35.5. The summed E-state index contributed by atoms with van der Waals surface area (Å²) in [6.07, 6.45) is 0. The Kier molecular flexibility index (Phi) is 8.35. The van der Waals surface area contributed by atoms with Crippen molar-refractivity contribution < 1.29 is 14.3 Å². The average molecular weight is 488 g/mol. The summed E-state index contributed by atoms with van der Waals surface area (Å²) in [5.41, 5.74) is 1.07. The van der Waals surface area contributed by atoms with E-state index >= 15 is 0 Å².